The van der Waals surface area contributed by atoms with Gasteiger partial charge in [0.1, 0.15) is 12.9 Å². The van der Waals surface area contributed by atoms with Gasteiger partial charge in [0, 0.05) is 18.8 Å². The molecule has 1 heterocycles. The molecule has 0 aromatic rings. The summed E-state index contributed by atoms with van der Waals surface area (Å²) in [5, 5.41) is 0. The second-order valence-corrected chi connectivity index (χ2v) is 2.88. The SMILES string of the molecule is C=CC(=O)OCCOCCN1C=COC1. The molecule has 1 aliphatic heterocycles. The highest BCUT2D eigenvalue weighted by Gasteiger charge is 2.03. The molecule has 0 bridgehead atoms. The van der Waals surface area contributed by atoms with Gasteiger partial charge in [0.05, 0.1) is 13.2 Å². The summed E-state index contributed by atoms with van der Waals surface area (Å²) in [6.07, 6.45) is 4.64. The summed E-state index contributed by atoms with van der Waals surface area (Å²) in [6.45, 7) is 5.88. The predicted octanol–water partition coefficient (Wildman–Crippen LogP) is 0.493. The van der Waals surface area contributed by atoms with Crippen LogP contribution in [0.4, 0.5) is 0 Å². The number of hydrogen-bond donors (Lipinski definition) is 0. The Morgan fingerprint density at radius 3 is 3.07 bits per heavy atom. The van der Waals surface area contributed by atoms with Crippen molar-refractivity contribution in [3.8, 4) is 0 Å². The molecule has 0 atom stereocenters. The summed E-state index contributed by atoms with van der Waals surface area (Å²) in [6, 6.07) is 0. The van der Waals surface area contributed by atoms with Gasteiger partial charge < -0.3 is 19.1 Å². The number of nitrogens with zero attached hydrogens (tertiary/aromatic N) is 1. The largest absolute Gasteiger partial charge is 0.479 e. The minimum Gasteiger partial charge on any atom is -0.479 e. The van der Waals surface area contributed by atoms with E-state index in [-0.39, 0.29) is 6.61 Å². The van der Waals surface area contributed by atoms with Crippen molar-refractivity contribution >= 4 is 5.97 Å². The van der Waals surface area contributed by atoms with Crippen molar-refractivity contribution in [3.63, 3.8) is 0 Å². The van der Waals surface area contributed by atoms with E-state index in [1.807, 2.05) is 11.1 Å². The highest BCUT2D eigenvalue weighted by molar-refractivity contribution is 5.81. The van der Waals surface area contributed by atoms with Crippen LogP contribution < -0.4 is 0 Å². The summed E-state index contributed by atoms with van der Waals surface area (Å²) in [7, 11) is 0. The topological polar surface area (TPSA) is 48.0 Å². The molecule has 0 saturated heterocycles. The van der Waals surface area contributed by atoms with E-state index in [1.165, 1.54) is 0 Å². The number of hydrogen-bond acceptors (Lipinski definition) is 5. The van der Waals surface area contributed by atoms with Gasteiger partial charge in [0.15, 0.2) is 6.73 Å². The molecule has 0 amide bonds. The lowest BCUT2D eigenvalue weighted by Crippen LogP contribution is -2.21. The number of rotatable bonds is 7. The lowest BCUT2D eigenvalue weighted by atomic mass is 10.6. The molecule has 0 aliphatic carbocycles. The average Bonchev–Trinajstić information content (AvgIpc) is 2.75. The van der Waals surface area contributed by atoms with Crippen LogP contribution in [0.1, 0.15) is 0 Å². The van der Waals surface area contributed by atoms with Crippen LogP contribution in [-0.2, 0) is 19.0 Å². The Bertz CT molecular complexity index is 240. The molecule has 0 radical (unpaired) electrons. The Kier molecular flexibility index (Phi) is 5.32. The summed E-state index contributed by atoms with van der Waals surface area (Å²) in [5.74, 6) is -0.422. The van der Waals surface area contributed by atoms with Gasteiger partial charge in [-0.25, -0.2) is 4.79 Å². The highest BCUT2D eigenvalue weighted by Crippen LogP contribution is 1.99. The third kappa shape index (κ3) is 5.07. The minimum absolute atomic E-state index is 0.261. The molecule has 0 fully saturated rings. The lowest BCUT2D eigenvalue weighted by Gasteiger charge is -2.13. The maximum atomic E-state index is 10.6. The smallest absolute Gasteiger partial charge is 0.330 e. The summed E-state index contributed by atoms with van der Waals surface area (Å²) >= 11 is 0. The van der Waals surface area contributed by atoms with Crippen molar-refractivity contribution in [1.29, 1.82) is 0 Å². The standard InChI is InChI=1S/C10H15NO4/c1-2-10(12)15-8-7-13-5-3-11-4-6-14-9-11/h2,4,6H,1,3,5,7-9H2. The van der Waals surface area contributed by atoms with Crippen LogP contribution in [0, 0.1) is 0 Å². The molecule has 84 valence electrons. The number of carbonyl (C=O) groups is 1. The Morgan fingerprint density at radius 2 is 2.40 bits per heavy atom. The molecule has 0 saturated carbocycles. The van der Waals surface area contributed by atoms with E-state index in [9.17, 15) is 4.79 Å². The third-order valence-electron chi connectivity index (χ3n) is 1.77. The zero-order valence-electron chi connectivity index (χ0n) is 8.55. The number of ether oxygens (including phenoxy) is 3. The van der Waals surface area contributed by atoms with Gasteiger partial charge in [-0.2, -0.15) is 0 Å². The first-order chi connectivity index (χ1) is 7.33. The molecule has 5 heteroatoms. The van der Waals surface area contributed by atoms with E-state index >= 15 is 0 Å². The van der Waals surface area contributed by atoms with Gasteiger partial charge >= 0.3 is 5.97 Å². The molecule has 0 aromatic heterocycles. The normalized spacial score (nSPS) is 13.7. The van der Waals surface area contributed by atoms with E-state index in [1.54, 1.807) is 6.26 Å². The molecule has 15 heavy (non-hydrogen) atoms. The molecule has 1 rings (SSSR count). The lowest BCUT2D eigenvalue weighted by molar-refractivity contribution is -0.139. The predicted molar refractivity (Wildman–Crippen MR) is 53.8 cm³/mol. The van der Waals surface area contributed by atoms with E-state index in [0.717, 1.165) is 12.6 Å². The fraction of sp³-hybridized carbons (Fsp3) is 0.500. The third-order valence-corrected chi connectivity index (χ3v) is 1.77. The van der Waals surface area contributed by atoms with E-state index in [0.29, 0.717) is 19.9 Å². The Hall–Kier alpha value is -1.49. The van der Waals surface area contributed by atoms with E-state index in [2.05, 4.69) is 6.58 Å². The number of esters is 1. The van der Waals surface area contributed by atoms with Crippen LogP contribution in [0.5, 0.6) is 0 Å². The van der Waals surface area contributed by atoms with Crippen molar-refractivity contribution < 1.29 is 19.0 Å². The fourth-order valence-corrected chi connectivity index (χ4v) is 0.994. The highest BCUT2D eigenvalue weighted by atomic mass is 16.6. The van der Waals surface area contributed by atoms with Crippen LogP contribution in [0.2, 0.25) is 0 Å². The zero-order valence-corrected chi connectivity index (χ0v) is 8.55. The zero-order chi connectivity index (χ0) is 10.9. The first kappa shape index (κ1) is 11.6. The van der Waals surface area contributed by atoms with Crippen LogP contribution in [0.3, 0.4) is 0 Å². The first-order valence-electron chi connectivity index (χ1n) is 4.72. The van der Waals surface area contributed by atoms with Gasteiger partial charge in [-0.3, -0.25) is 0 Å². The molecular formula is C10H15NO4. The van der Waals surface area contributed by atoms with Gasteiger partial charge in [-0.1, -0.05) is 6.58 Å². The second-order valence-electron chi connectivity index (χ2n) is 2.88. The van der Waals surface area contributed by atoms with Gasteiger partial charge in [-0.05, 0) is 0 Å². The molecule has 0 N–H and O–H groups in total. The molecule has 0 unspecified atom stereocenters. The van der Waals surface area contributed by atoms with Crippen molar-refractivity contribution in [1.82, 2.24) is 4.90 Å². The van der Waals surface area contributed by atoms with E-state index in [4.69, 9.17) is 14.2 Å². The van der Waals surface area contributed by atoms with Gasteiger partial charge in [0.2, 0.25) is 0 Å². The summed E-state index contributed by atoms with van der Waals surface area (Å²) in [4.78, 5) is 12.6. The second kappa shape index (κ2) is 6.89. The quantitative estimate of drug-likeness (QED) is 0.350. The Morgan fingerprint density at radius 1 is 1.53 bits per heavy atom. The molecule has 5 nitrogen and oxygen atoms in total. The fourth-order valence-electron chi connectivity index (χ4n) is 0.994. The van der Waals surface area contributed by atoms with Crippen molar-refractivity contribution in [2.24, 2.45) is 0 Å². The van der Waals surface area contributed by atoms with Crippen LogP contribution >= 0.6 is 0 Å². The van der Waals surface area contributed by atoms with Gasteiger partial charge in [0.25, 0.3) is 0 Å². The monoisotopic (exact) mass is 213 g/mol. The molecule has 0 aromatic carbocycles. The van der Waals surface area contributed by atoms with Crippen LogP contribution in [0.25, 0.3) is 0 Å². The molecule has 1 aliphatic rings. The van der Waals surface area contributed by atoms with Crippen LogP contribution in [-0.4, -0.2) is 44.0 Å². The van der Waals surface area contributed by atoms with Gasteiger partial charge in [-0.15, -0.1) is 0 Å². The maximum absolute atomic E-state index is 10.6. The Labute approximate surface area is 88.9 Å². The maximum Gasteiger partial charge on any atom is 0.330 e. The first-order valence-corrected chi connectivity index (χ1v) is 4.72. The van der Waals surface area contributed by atoms with Crippen molar-refractivity contribution in [3.05, 3.63) is 25.1 Å². The van der Waals surface area contributed by atoms with Crippen molar-refractivity contribution in [2.45, 2.75) is 0 Å². The summed E-state index contributed by atoms with van der Waals surface area (Å²) in [5.41, 5.74) is 0. The Balaban J connectivity index is 1.86. The average molecular weight is 213 g/mol. The molecular weight excluding hydrogens is 198 g/mol. The minimum atomic E-state index is -0.422. The van der Waals surface area contributed by atoms with Crippen molar-refractivity contribution in [2.75, 3.05) is 33.1 Å². The summed E-state index contributed by atoms with van der Waals surface area (Å²) < 4.78 is 15.0. The van der Waals surface area contributed by atoms with Crippen LogP contribution in [0.15, 0.2) is 25.1 Å². The number of carbonyl (C=O) groups excluding carboxylic acids is 1. The molecule has 0 spiro atoms. The van der Waals surface area contributed by atoms with E-state index < -0.39 is 5.97 Å².